The maximum atomic E-state index is 6.26. The second-order valence-corrected chi connectivity index (χ2v) is 32.5. The number of aryl methyl sites for hydroxylation is 1. The van der Waals surface area contributed by atoms with Crippen molar-refractivity contribution in [3.63, 3.8) is 0 Å². The SMILES string of the molecule is COc1c(C(C)(C)C)cc2c(c1-c1ccccc1C)C=C(C)[CH]2[Zr+2]([CH]1C(C)=C(C)C(C)=C1C)[SiH](C)C.[Cl-].[Cl-]. The number of hydrogen-bond acceptors (Lipinski definition) is 1. The van der Waals surface area contributed by atoms with Crippen LogP contribution >= 0.6 is 0 Å². The largest absolute Gasteiger partial charge is 1.00 e. The van der Waals surface area contributed by atoms with E-state index in [4.69, 9.17) is 4.74 Å². The van der Waals surface area contributed by atoms with Crippen molar-refractivity contribution in [2.75, 3.05) is 7.11 Å². The molecule has 0 fully saturated rings. The zero-order valence-electron chi connectivity index (χ0n) is 25.4. The van der Waals surface area contributed by atoms with E-state index in [0.29, 0.717) is 3.63 Å². The van der Waals surface area contributed by atoms with Gasteiger partial charge >= 0.3 is 230 Å². The van der Waals surface area contributed by atoms with Crippen molar-refractivity contribution in [1.29, 1.82) is 0 Å². The summed E-state index contributed by atoms with van der Waals surface area (Å²) in [5.74, 6) is 0.221. The normalized spacial score (nSPS) is 17.4. The number of allylic oxidation sites excluding steroid dienone is 5. The Hall–Kier alpha value is -0.860. The van der Waals surface area contributed by atoms with Crippen molar-refractivity contribution in [1.82, 2.24) is 0 Å². The number of methoxy groups -OCH3 is 1. The van der Waals surface area contributed by atoms with Crippen LogP contribution in [0.5, 0.6) is 5.75 Å². The van der Waals surface area contributed by atoms with Gasteiger partial charge in [-0.15, -0.1) is 0 Å². The fraction of sp³-hybridized carbons (Fsp3) is 0.455. The first-order valence-corrected chi connectivity index (χ1v) is 23.5. The molecule has 0 N–H and O–H groups in total. The average molecular weight is 648 g/mol. The van der Waals surface area contributed by atoms with Crippen molar-refractivity contribution in [2.45, 2.75) is 88.1 Å². The molecule has 0 amide bonds. The molecule has 2 aromatic rings. The summed E-state index contributed by atoms with van der Waals surface area (Å²) in [6.07, 6.45) is 2.54. The first-order chi connectivity index (χ1) is 16.8. The van der Waals surface area contributed by atoms with Gasteiger partial charge in [-0.05, 0) is 0 Å². The molecule has 0 spiro atoms. The first-order valence-electron chi connectivity index (χ1n) is 13.5. The smallest absolute Gasteiger partial charge is 1.00 e. The van der Waals surface area contributed by atoms with E-state index < -0.39 is 26.8 Å². The van der Waals surface area contributed by atoms with Crippen molar-refractivity contribution in [3.05, 3.63) is 80.5 Å². The zero-order chi connectivity index (χ0) is 26.7. The van der Waals surface area contributed by atoms with Gasteiger partial charge in [0, 0.05) is 0 Å². The van der Waals surface area contributed by atoms with Crippen LogP contribution in [0.1, 0.15) is 81.3 Å². The molecule has 0 saturated heterocycles. The molecular weight excluding hydrogens is 603 g/mol. The van der Waals surface area contributed by atoms with Crippen molar-refractivity contribution >= 4 is 12.0 Å². The molecule has 2 aliphatic rings. The van der Waals surface area contributed by atoms with E-state index >= 15 is 0 Å². The summed E-state index contributed by atoms with van der Waals surface area (Å²) in [6.45, 7) is 26.6. The van der Waals surface area contributed by atoms with E-state index in [1.54, 1.807) is 33.4 Å². The van der Waals surface area contributed by atoms with Gasteiger partial charge in [-0.1, -0.05) is 0 Å². The number of halogens is 2. The van der Waals surface area contributed by atoms with Crippen molar-refractivity contribution in [3.8, 4) is 16.9 Å². The Morgan fingerprint density at radius 3 is 1.87 bits per heavy atom. The summed E-state index contributed by atoms with van der Waals surface area (Å²) in [7, 11) is 1.86. The summed E-state index contributed by atoms with van der Waals surface area (Å²) in [5, 5.41) is 0. The van der Waals surface area contributed by atoms with E-state index in [1.165, 1.54) is 27.8 Å². The van der Waals surface area contributed by atoms with Gasteiger partial charge in [0.15, 0.2) is 0 Å². The van der Waals surface area contributed by atoms with Crippen molar-refractivity contribution in [2.24, 2.45) is 0 Å². The summed E-state index contributed by atoms with van der Waals surface area (Å²) >= 11 is -1.99. The maximum Gasteiger partial charge on any atom is -1.00 e. The number of ether oxygens (including phenoxy) is 1. The summed E-state index contributed by atoms with van der Waals surface area (Å²) in [6, 6.07) is 11.4. The summed E-state index contributed by atoms with van der Waals surface area (Å²) < 4.78 is 7.66. The minimum Gasteiger partial charge on any atom is -1.00 e. The second kappa shape index (κ2) is 12.3. The van der Waals surface area contributed by atoms with Gasteiger partial charge < -0.3 is 24.8 Å². The molecule has 2 aromatic carbocycles. The standard InChI is InChI=1S/C22H25O.C9H13.C2H7Si.2ClH.Zr/c1-14-11-16-13-19(22(3,4)5)21(23-6)20(18(16)12-14)17-10-8-7-9-15(17)2;1-6-5-7(2)9(4)8(6)3;1-3-2;;;/h7-13H,1-6H3;5H,1-4H3;3H,1-2H3;2*1H;/q;;;;;+2/p-2. The molecule has 0 bridgehead atoms. The van der Waals surface area contributed by atoms with E-state index in [0.717, 1.165) is 9.38 Å². The van der Waals surface area contributed by atoms with Gasteiger partial charge in [0.05, 0.1) is 0 Å². The first kappa shape index (κ1) is 33.3. The Labute approximate surface area is 253 Å². The van der Waals surface area contributed by atoms with E-state index in [9.17, 15) is 0 Å². The van der Waals surface area contributed by atoms with Crippen LogP contribution in [0.4, 0.5) is 0 Å². The Bertz CT molecular complexity index is 1290. The minimum absolute atomic E-state index is 0. The Morgan fingerprint density at radius 2 is 1.39 bits per heavy atom. The van der Waals surface area contributed by atoms with Crippen LogP contribution in [0.3, 0.4) is 0 Å². The molecule has 1 nitrogen and oxygen atoms in total. The molecule has 0 aromatic heterocycles. The van der Waals surface area contributed by atoms with E-state index in [-0.39, 0.29) is 30.2 Å². The van der Waals surface area contributed by atoms with Gasteiger partial charge in [-0.25, -0.2) is 0 Å². The molecule has 38 heavy (non-hydrogen) atoms. The molecule has 1 atom stereocenters. The topological polar surface area (TPSA) is 9.23 Å². The van der Waals surface area contributed by atoms with Gasteiger partial charge in [0.25, 0.3) is 0 Å². The predicted octanol–water partition coefficient (Wildman–Crippen LogP) is 3.51. The van der Waals surface area contributed by atoms with Crippen LogP contribution in [-0.2, 0) is 26.3 Å². The third-order valence-electron chi connectivity index (χ3n) is 8.86. The van der Waals surface area contributed by atoms with Crippen molar-refractivity contribution < 1.29 is 50.5 Å². The zero-order valence-corrected chi connectivity index (χ0v) is 30.5. The Morgan fingerprint density at radius 1 is 0.842 bits per heavy atom. The molecule has 4 rings (SSSR count). The maximum absolute atomic E-state index is 6.26. The van der Waals surface area contributed by atoms with Gasteiger partial charge in [0.1, 0.15) is 0 Å². The molecule has 1 unspecified atom stereocenters. The second-order valence-electron chi connectivity index (χ2n) is 12.4. The Balaban J connectivity index is 0.00000253. The summed E-state index contributed by atoms with van der Waals surface area (Å²) in [4.78, 5) is 0. The monoisotopic (exact) mass is 645 g/mol. The van der Waals surface area contributed by atoms with Crippen LogP contribution in [0.15, 0.2) is 58.2 Å². The van der Waals surface area contributed by atoms with Gasteiger partial charge in [0.2, 0.25) is 0 Å². The van der Waals surface area contributed by atoms with Crippen LogP contribution in [0.25, 0.3) is 17.2 Å². The van der Waals surface area contributed by atoms with E-state index in [2.05, 4.69) is 112 Å². The molecule has 5 heteroatoms. The third-order valence-corrected chi connectivity index (χ3v) is 31.3. The Kier molecular flexibility index (Phi) is 10.8. The van der Waals surface area contributed by atoms with Crippen LogP contribution in [0.2, 0.25) is 16.7 Å². The fourth-order valence-electron chi connectivity index (χ4n) is 6.67. The van der Waals surface area contributed by atoms with Crippen LogP contribution in [-0.4, -0.2) is 13.0 Å². The molecule has 0 saturated carbocycles. The summed E-state index contributed by atoms with van der Waals surface area (Å²) in [5.41, 5.74) is 16.4. The van der Waals surface area contributed by atoms with Crippen LogP contribution in [0, 0.1) is 6.92 Å². The van der Waals surface area contributed by atoms with Gasteiger partial charge in [-0.3, -0.25) is 0 Å². The molecule has 2 aliphatic carbocycles. The fourth-order valence-corrected chi connectivity index (χ4v) is 30.7. The molecule has 0 aliphatic heterocycles. The number of rotatable bonds is 5. The van der Waals surface area contributed by atoms with Crippen LogP contribution < -0.4 is 29.6 Å². The molecular formula is C33H45Cl2OSiZr. The molecule has 0 radical (unpaired) electrons. The van der Waals surface area contributed by atoms with Gasteiger partial charge in [-0.2, -0.15) is 0 Å². The predicted molar refractivity (Wildman–Crippen MR) is 158 cm³/mol. The average Bonchev–Trinajstić information content (AvgIpc) is 3.22. The minimum atomic E-state index is -1.99. The number of hydrogen-bond donors (Lipinski definition) is 0. The quantitative estimate of drug-likeness (QED) is 0.452. The molecule has 205 valence electrons. The molecule has 0 heterocycles. The third kappa shape index (κ3) is 5.52. The number of fused-ring (bicyclic) bond motifs is 1. The van der Waals surface area contributed by atoms with E-state index in [1.807, 2.05) is 7.11 Å². The number of benzene rings is 2.